The summed E-state index contributed by atoms with van der Waals surface area (Å²) in [5, 5.41) is 20.7. The Balaban J connectivity index is 1.58. The Labute approximate surface area is 140 Å². The Bertz CT molecular complexity index is 733. The third-order valence-electron chi connectivity index (χ3n) is 5.21. The van der Waals surface area contributed by atoms with Crippen LogP contribution >= 0.6 is 0 Å². The second kappa shape index (κ2) is 5.90. The van der Waals surface area contributed by atoms with Gasteiger partial charge in [-0.3, -0.25) is 9.36 Å². The molecule has 2 aliphatic rings. The van der Waals surface area contributed by atoms with Crippen LogP contribution in [0.4, 0.5) is 5.69 Å². The molecule has 0 saturated carbocycles. The van der Waals surface area contributed by atoms with Gasteiger partial charge in [0.25, 0.3) is 0 Å². The van der Waals surface area contributed by atoms with Gasteiger partial charge in [-0.1, -0.05) is 0 Å². The SMILES string of the molecule is O=C(Nc1cc(-n2cnnc2)ccc1O)C12CCCN(CCC1)C2. The maximum absolute atomic E-state index is 13.0. The van der Waals surface area contributed by atoms with Crippen molar-refractivity contribution in [3.05, 3.63) is 30.9 Å². The number of aromatic hydroxyl groups is 1. The van der Waals surface area contributed by atoms with E-state index in [9.17, 15) is 9.90 Å². The van der Waals surface area contributed by atoms with E-state index in [2.05, 4.69) is 20.4 Å². The number of aromatic nitrogens is 3. The van der Waals surface area contributed by atoms with Crippen LogP contribution in [0.15, 0.2) is 30.9 Å². The van der Waals surface area contributed by atoms with E-state index >= 15 is 0 Å². The number of nitrogens with zero attached hydrogens (tertiary/aromatic N) is 4. The van der Waals surface area contributed by atoms with Gasteiger partial charge in [0.05, 0.1) is 16.8 Å². The zero-order chi connectivity index (χ0) is 16.6. The maximum atomic E-state index is 13.0. The molecule has 4 rings (SSSR count). The number of anilines is 1. The molecule has 7 heteroatoms. The largest absolute Gasteiger partial charge is 0.506 e. The van der Waals surface area contributed by atoms with Crippen LogP contribution in [-0.2, 0) is 4.79 Å². The second-order valence-corrected chi connectivity index (χ2v) is 6.79. The molecule has 1 aromatic heterocycles. The molecule has 2 N–H and O–H groups in total. The fourth-order valence-electron chi connectivity index (χ4n) is 3.94. The molecule has 126 valence electrons. The lowest BCUT2D eigenvalue weighted by Gasteiger charge is -2.45. The van der Waals surface area contributed by atoms with Crippen molar-refractivity contribution < 1.29 is 9.90 Å². The monoisotopic (exact) mass is 327 g/mol. The highest BCUT2D eigenvalue weighted by atomic mass is 16.3. The van der Waals surface area contributed by atoms with Crippen LogP contribution in [0.3, 0.4) is 0 Å². The number of hydrogen-bond donors (Lipinski definition) is 2. The van der Waals surface area contributed by atoms with E-state index in [4.69, 9.17) is 0 Å². The molecule has 2 saturated heterocycles. The summed E-state index contributed by atoms with van der Waals surface area (Å²) in [7, 11) is 0. The highest BCUT2D eigenvalue weighted by Crippen LogP contribution is 2.40. The normalized spacial score (nSPS) is 26.1. The number of piperidine rings is 2. The van der Waals surface area contributed by atoms with Crippen molar-refractivity contribution in [2.24, 2.45) is 5.41 Å². The van der Waals surface area contributed by atoms with Gasteiger partial charge in [0, 0.05) is 6.54 Å². The van der Waals surface area contributed by atoms with Gasteiger partial charge in [0.15, 0.2) is 0 Å². The maximum Gasteiger partial charge on any atom is 0.231 e. The third-order valence-corrected chi connectivity index (χ3v) is 5.21. The minimum Gasteiger partial charge on any atom is -0.506 e. The van der Waals surface area contributed by atoms with E-state index in [0.717, 1.165) is 51.0 Å². The van der Waals surface area contributed by atoms with Crippen molar-refractivity contribution in [3.8, 4) is 11.4 Å². The first kappa shape index (κ1) is 15.1. The molecule has 0 spiro atoms. The number of rotatable bonds is 3. The standard InChI is InChI=1S/C17H21N5O2/c23-15-4-3-13(22-11-18-19-12-22)9-14(15)20-16(24)17-5-1-7-21(10-17)8-2-6-17/h3-4,9,11-12,23H,1-2,5-8,10H2,(H,20,24). The van der Waals surface area contributed by atoms with E-state index in [1.54, 1.807) is 35.4 Å². The summed E-state index contributed by atoms with van der Waals surface area (Å²) in [4.78, 5) is 15.3. The number of nitrogens with one attached hydrogen (secondary N) is 1. The molecule has 2 aliphatic heterocycles. The van der Waals surface area contributed by atoms with Crippen molar-refractivity contribution in [2.45, 2.75) is 25.7 Å². The summed E-state index contributed by atoms with van der Waals surface area (Å²) in [5.41, 5.74) is 0.901. The zero-order valence-electron chi connectivity index (χ0n) is 13.5. The fraction of sp³-hybridized carbons (Fsp3) is 0.471. The Kier molecular flexibility index (Phi) is 3.72. The summed E-state index contributed by atoms with van der Waals surface area (Å²) in [6.45, 7) is 3.00. The molecule has 1 amide bonds. The molecule has 2 fully saturated rings. The van der Waals surface area contributed by atoms with Crippen LogP contribution < -0.4 is 5.32 Å². The van der Waals surface area contributed by atoms with E-state index in [1.165, 1.54) is 0 Å². The number of benzene rings is 1. The molecule has 24 heavy (non-hydrogen) atoms. The third kappa shape index (κ3) is 2.65. The quantitative estimate of drug-likeness (QED) is 0.840. The number of carbonyl (C=O) groups excluding carboxylic acids is 1. The second-order valence-electron chi connectivity index (χ2n) is 6.79. The summed E-state index contributed by atoms with van der Waals surface area (Å²) >= 11 is 0. The minimum atomic E-state index is -0.324. The van der Waals surface area contributed by atoms with Gasteiger partial charge in [-0.25, -0.2) is 0 Å². The Morgan fingerprint density at radius 1 is 1.17 bits per heavy atom. The highest BCUT2D eigenvalue weighted by Gasteiger charge is 2.44. The van der Waals surface area contributed by atoms with Crippen molar-refractivity contribution in [3.63, 3.8) is 0 Å². The molecular weight excluding hydrogens is 306 g/mol. The van der Waals surface area contributed by atoms with Gasteiger partial charge >= 0.3 is 0 Å². The van der Waals surface area contributed by atoms with Crippen LogP contribution in [0.5, 0.6) is 5.75 Å². The lowest BCUT2D eigenvalue weighted by Crippen LogP contribution is -2.53. The molecule has 2 aromatic rings. The zero-order valence-corrected chi connectivity index (χ0v) is 13.5. The first-order chi connectivity index (χ1) is 11.7. The average molecular weight is 327 g/mol. The topological polar surface area (TPSA) is 83.3 Å². The fourth-order valence-corrected chi connectivity index (χ4v) is 3.94. The van der Waals surface area contributed by atoms with Crippen LogP contribution in [0.2, 0.25) is 0 Å². The lowest BCUT2D eigenvalue weighted by atomic mass is 9.73. The molecule has 0 unspecified atom stereocenters. The smallest absolute Gasteiger partial charge is 0.231 e. The first-order valence-corrected chi connectivity index (χ1v) is 8.38. The summed E-state index contributed by atoms with van der Waals surface area (Å²) in [5.74, 6) is 0.0863. The Morgan fingerprint density at radius 2 is 1.88 bits per heavy atom. The van der Waals surface area contributed by atoms with Gasteiger partial charge in [0.2, 0.25) is 5.91 Å². The molecule has 3 heterocycles. The predicted molar refractivity (Wildman–Crippen MR) is 89.0 cm³/mol. The summed E-state index contributed by atoms with van der Waals surface area (Å²) in [6.07, 6.45) is 7.11. The molecule has 2 bridgehead atoms. The summed E-state index contributed by atoms with van der Waals surface area (Å²) < 4.78 is 1.73. The average Bonchev–Trinajstić information content (AvgIpc) is 3.11. The molecule has 7 nitrogen and oxygen atoms in total. The van der Waals surface area contributed by atoms with Gasteiger partial charge < -0.3 is 15.3 Å². The molecular formula is C17H21N5O2. The first-order valence-electron chi connectivity index (χ1n) is 8.38. The lowest BCUT2D eigenvalue weighted by molar-refractivity contribution is -0.131. The number of phenolic OH excluding ortho intramolecular Hbond substituents is 1. The van der Waals surface area contributed by atoms with Gasteiger partial charge in [0.1, 0.15) is 18.4 Å². The van der Waals surface area contributed by atoms with Crippen molar-refractivity contribution in [1.82, 2.24) is 19.7 Å². The van der Waals surface area contributed by atoms with Crippen molar-refractivity contribution in [1.29, 1.82) is 0 Å². The van der Waals surface area contributed by atoms with Crippen molar-refractivity contribution >= 4 is 11.6 Å². The van der Waals surface area contributed by atoms with E-state index in [-0.39, 0.29) is 17.1 Å². The number of amides is 1. The number of phenols is 1. The van der Waals surface area contributed by atoms with Gasteiger partial charge in [-0.15, -0.1) is 10.2 Å². The van der Waals surface area contributed by atoms with E-state index in [0.29, 0.717) is 5.69 Å². The van der Waals surface area contributed by atoms with Crippen LogP contribution in [0, 0.1) is 5.41 Å². The van der Waals surface area contributed by atoms with Crippen LogP contribution in [0.1, 0.15) is 25.7 Å². The van der Waals surface area contributed by atoms with E-state index in [1.807, 2.05) is 0 Å². The minimum absolute atomic E-state index is 0.0168. The Hall–Kier alpha value is -2.41. The molecule has 0 radical (unpaired) electrons. The molecule has 1 aromatic carbocycles. The van der Waals surface area contributed by atoms with Gasteiger partial charge in [-0.2, -0.15) is 0 Å². The number of fused-ring (bicyclic) bond motifs is 2. The summed E-state index contributed by atoms with van der Waals surface area (Å²) in [6, 6.07) is 5.09. The molecule has 0 aliphatic carbocycles. The van der Waals surface area contributed by atoms with Gasteiger partial charge in [-0.05, 0) is 57.0 Å². The van der Waals surface area contributed by atoms with Crippen LogP contribution in [0.25, 0.3) is 5.69 Å². The number of carbonyl (C=O) groups is 1. The Morgan fingerprint density at radius 3 is 2.58 bits per heavy atom. The number of hydrogen-bond acceptors (Lipinski definition) is 5. The highest BCUT2D eigenvalue weighted by molar-refractivity contribution is 5.97. The molecule has 0 atom stereocenters. The van der Waals surface area contributed by atoms with Crippen LogP contribution in [-0.4, -0.2) is 50.3 Å². The van der Waals surface area contributed by atoms with E-state index < -0.39 is 0 Å². The van der Waals surface area contributed by atoms with Crippen molar-refractivity contribution in [2.75, 3.05) is 25.0 Å². The predicted octanol–water partition coefficient (Wildman–Crippen LogP) is 1.79.